The number of alkyl carbamates (subject to hydrolysis) is 1. The maximum absolute atomic E-state index is 13.0. The molecule has 1 heterocycles. The first kappa shape index (κ1) is 34.4. The minimum absolute atomic E-state index is 0.0328. The van der Waals surface area contributed by atoms with E-state index in [0.29, 0.717) is 12.1 Å². The third-order valence-corrected chi connectivity index (χ3v) is 9.04. The Kier molecular flexibility index (Phi) is 11.0. The first-order valence-corrected chi connectivity index (χ1v) is 16.2. The van der Waals surface area contributed by atoms with Crippen LogP contribution in [0.3, 0.4) is 0 Å². The predicted molar refractivity (Wildman–Crippen MR) is 177 cm³/mol. The van der Waals surface area contributed by atoms with Gasteiger partial charge in [0.25, 0.3) is 0 Å². The van der Waals surface area contributed by atoms with Gasteiger partial charge < -0.3 is 34.3 Å². The quantitative estimate of drug-likeness (QED) is 0.199. The maximum atomic E-state index is 13.0. The van der Waals surface area contributed by atoms with E-state index in [1.807, 2.05) is 63.2 Å². The molecule has 2 aliphatic rings. The van der Waals surface area contributed by atoms with Gasteiger partial charge in [-0.2, -0.15) is 0 Å². The van der Waals surface area contributed by atoms with Crippen LogP contribution in [0.1, 0.15) is 56.7 Å². The molecule has 5 rings (SSSR count). The number of amides is 2. The summed E-state index contributed by atoms with van der Waals surface area (Å²) in [6, 6.07) is 21.5. The molecule has 1 fully saturated rings. The van der Waals surface area contributed by atoms with Gasteiger partial charge in [0.05, 0.1) is 12.8 Å². The van der Waals surface area contributed by atoms with Gasteiger partial charge in [-0.3, -0.25) is 9.59 Å². The summed E-state index contributed by atoms with van der Waals surface area (Å²) < 4.78 is 28.3. The Morgan fingerprint density at radius 3 is 2.19 bits per heavy atom. The molecule has 0 aromatic heterocycles. The number of hydrogen-bond acceptors (Lipinski definition) is 9. The molecule has 1 aliphatic carbocycles. The second kappa shape index (κ2) is 15.3. The molecular weight excluding hydrogens is 616 g/mol. The number of ether oxygens (including phenoxy) is 5. The van der Waals surface area contributed by atoms with E-state index in [1.165, 1.54) is 14.0 Å². The molecule has 11 nitrogen and oxygen atoms in total. The summed E-state index contributed by atoms with van der Waals surface area (Å²) in [5.41, 5.74) is 5.80. The molecule has 0 saturated carbocycles. The van der Waals surface area contributed by atoms with Gasteiger partial charge in [0.1, 0.15) is 12.4 Å². The molecule has 0 bridgehead atoms. The minimum atomic E-state index is -1.15. The van der Waals surface area contributed by atoms with E-state index < -0.39 is 36.5 Å². The Morgan fingerprint density at radius 2 is 1.56 bits per heavy atom. The Balaban J connectivity index is 1.19. The Hall–Kier alpha value is -4.90. The monoisotopic (exact) mass is 658 g/mol. The van der Waals surface area contributed by atoms with E-state index in [9.17, 15) is 19.2 Å². The number of carbonyl (C=O) groups excluding carboxylic acids is 4. The number of aryl methyl sites for hydroxylation is 1. The van der Waals surface area contributed by atoms with E-state index in [-0.39, 0.29) is 49.0 Å². The lowest BCUT2D eigenvalue weighted by molar-refractivity contribution is -0.248. The average Bonchev–Trinajstić information content (AvgIpc) is 3.40. The number of nitrogens with one attached hydrogen (secondary N) is 2. The Bertz CT molecular complexity index is 1610. The maximum Gasteiger partial charge on any atom is 0.407 e. The molecule has 48 heavy (non-hydrogen) atoms. The van der Waals surface area contributed by atoms with Crippen molar-refractivity contribution in [3.8, 4) is 16.9 Å². The van der Waals surface area contributed by atoms with Crippen LogP contribution in [0.2, 0.25) is 0 Å². The largest absolute Gasteiger partial charge is 0.467 e. The van der Waals surface area contributed by atoms with Gasteiger partial charge in [-0.25, -0.2) is 9.59 Å². The van der Waals surface area contributed by atoms with Crippen LogP contribution >= 0.6 is 0 Å². The highest BCUT2D eigenvalue weighted by Gasteiger charge is 2.48. The van der Waals surface area contributed by atoms with Crippen molar-refractivity contribution in [1.82, 2.24) is 5.32 Å². The fourth-order valence-corrected chi connectivity index (χ4v) is 6.27. The molecule has 5 atom stereocenters. The topological polar surface area (TPSA) is 138 Å². The van der Waals surface area contributed by atoms with Crippen LogP contribution in [0.25, 0.3) is 11.1 Å². The van der Waals surface area contributed by atoms with Gasteiger partial charge in [-0.05, 0) is 52.3 Å². The van der Waals surface area contributed by atoms with Gasteiger partial charge >= 0.3 is 18.0 Å². The summed E-state index contributed by atoms with van der Waals surface area (Å²) in [7, 11) is 1.27. The SMILES string of the molecule is CCc1ccc(O[C@@H]2O[C@H](C(=O)OC)[C@@H](C)[C@H](C)[C@H]2OC(C)=O)c(NC(=O)CCNC(=O)OCC2c3ccccc3-c3ccccc32)c1. The van der Waals surface area contributed by atoms with Crippen LogP contribution < -0.4 is 15.4 Å². The van der Waals surface area contributed by atoms with Crippen molar-refractivity contribution in [2.45, 2.75) is 65.0 Å². The summed E-state index contributed by atoms with van der Waals surface area (Å²) in [4.78, 5) is 50.1. The first-order chi connectivity index (χ1) is 23.1. The fourth-order valence-electron chi connectivity index (χ4n) is 6.27. The standard InChI is InChI=1S/C37H42N2O9/c1-6-24-15-16-31(47-36-34(46-23(4)40)22(3)21(2)33(48-36)35(42)44-5)30(19-24)39-32(41)17-18-38-37(43)45-20-29-27-13-9-7-11-25(27)26-12-8-10-14-28(26)29/h7-16,19,21-22,29,33-34,36H,6,17-18,20H2,1-5H3,(H,38,43)(H,39,41)/t21-,22-,33-,34+,36+/m0/s1. The molecule has 0 radical (unpaired) electrons. The van der Waals surface area contributed by atoms with Crippen molar-refractivity contribution in [3.63, 3.8) is 0 Å². The molecule has 1 saturated heterocycles. The van der Waals surface area contributed by atoms with Crippen molar-refractivity contribution in [2.24, 2.45) is 11.8 Å². The fraction of sp³-hybridized carbons (Fsp3) is 0.405. The summed E-state index contributed by atoms with van der Waals surface area (Å²) in [5.74, 6) is -1.91. The van der Waals surface area contributed by atoms with Crippen LogP contribution in [-0.2, 0) is 39.8 Å². The highest BCUT2D eigenvalue weighted by atomic mass is 16.7. The zero-order chi connectivity index (χ0) is 34.4. The average molecular weight is 659 g/mol. The lowest BCUT2D eigenvalue weighted by atomic mass is 9.83. The van der Waals surface area contributed by atoms with Gasteiger partial charge in [0.15, 0.2) is 12.2 Å². The van der Waals surface area contributed by atoms with E-state index in [2.05, 4.69) is 22.8 Å². The minimum Gasteiger partial charge on any atom is -0.467 e. The van der Waals surface area contributed by atoms with Crippen LogP contribution in [-0.4, -0.2) is 62.7 Å². The smallest absolute Gasteiger partial charge is 0.407 e. The predicted octanol–water partition coefficient (Wildman–Crippen LogP) is 5.60. The van der Waals surface area contributed by atoms with Gasteiger partial charge in [0.2, 0.25) is 12.2 Å². The van der Waals surface area contributed by atoms with Crippen molar-refractivity contribution >= 4 is 29.6 Å². The number of hydrogen-bond donors (Lipinski definition) is 2. The van der Waals surface area contributed by atoms with E-state index in [4.69, 9.17) is 23.7 Å². The number of carbonyl (C=O) groups is 4. The highest BCUT2D eigenvalue weighted by molar-refractivity contribution is 5.92. The molecule has 3 aromatic rings. The summed E-state index contributed by atoms with van der Waals surface area (Å²) >= 11 is 0. The molecule has 0 spiro atoms. The molecule has 254 valence electrons. The summed E-state index contributed by atoms with van der Waals surface area (Å²) in [6.45, 7) is 7.14. The van der Waals surface area contributed by atoms with Crippen LogP contribution in [0.4, 0.5) is 10.5 Å². The lowest BCUT2D eigenvalue weighted by Gasteiger charge is -2.42. The normalized spacial score (nSPS) is 21.3. The number of methoxy groups -OCH3 is 1. The van der Waals surface area contributed by atoms with Crippen LogP contribution in [0.15, 0.2) is 66.7 Å². The number of rotatable bonds is 11. The second-order valence-electron chi connectivity index (χ2n) is 12.1. The van der Waals surface area contributed by atoms with E-state index in [1.54, 1.807) is 12.1 Å². The molecule has 1 aliphatic heterocycles. The number of esters is 2. The Labute approximate surface area is 280 Å². The van der Waals surface area contributed by atoms with E-state index in [0.717, 1.165) is 27.8 Å². The van der Waals surface area contributed by atoms with Crippen molar-refractivity contribution in [3.05, 3.63) is 83.4 Å². The number of benzene rings is 3. The van der Waals surface area contributed by atoms with Crippen LogP contribution in [0.5, 0.6) is 5.75 Å². The first-order valence-electron chi connectivity index (χ1n) is 16.2. The Morgan fingerprint density at radius 1 is 0.896 bits per heavy atom. The molecular formula is C37H42N2O9. The molecule has 2 N–H and O–H groups in total. The number of anilines is 1. The summed E-state index contributed by atoms with van der Waals surface area (Å²) in [6.07, 6.45) is -2.87. The van der Waals surface area contributed by atoms with Crippen molar-refractivity contribution in [2.75, 3.05) is 25.6 Å². The second-order valence-corrected chi connectivity index (χ2v) is 12.1. The molecule has 2 amide bonds. The third-order valence-electron chi connectivity index (χ3n) is 9.04. The lowest BCUT2D eigenvalue weighted by Crippen LogP contribution is -2.55. The third kappa shape index (κ3) is 7.62. The van der Waals surface area contributed by atoms with Gasteiger partial charge in [0, 0.05) is 31.7 Å². The molecule has 3 aromatic carbocycles. The van der Waals surface area contributed by atoms with Crippen LogP contribution in [0, 0.1) is 11.8 Å². The van der Waals surface area contributed by atoms with E-state index >= 15 is 0 Å². The van der Waals surface area contributed by atoms with Gasteiger partial charge in [-0.15, -0.1) is 0 Å². The zero-order valence-corrected chi connectivity index (χ0v) is 27.8. The van der Waals surface area contributed by atoms with Crippen molar-refractivity contribution in [1.29, 1.82) is 0 Å². The number of fused-ring (bicyclic) bond motifs is 3. The van der Waals surface area contributed by atoms with Gasteiger partial charge in [-0.1, -0.05) is 75.4 Å². The highest BCUT2D eigenvalue weighted by Crippen LogP contribution is 2.44. The van der Waals surface area contributed by atoms with Crippen molar-refractivity contribution < 1.29 is 42.9 Å². The summed E-state index contributed by atoms with van der Waals surface area (Å²) in [5, 5.41) is 5.52. The molecule has 0 unspecified atom stereocenters. The zero-order valence-electron chi connectivity index (χ0n) is 27.8. The molecule has 11 heteroatoms.